The van der Waals surface area contributed by atoms with E-state index in [9.17, 15) is 9.59 Å². The van der Waals surface area contributed by atoms with E-state index in [-0.39, 0.29) is 29.7 Å². The Hall–Kier alpha value is -1.40. The molecule has 1 aromatic heterocycles. The summed E-state index contributed by atoms with van der Waals surface area (Å²) in [5.41, 5.74) is 1.20. The Kier molecular flexibility index (Phi) is 8.10. The van der Waals surface area contributed by atoms with Gasteiger partial charge in [0.15, 0.2) is 0 Å². The van der Waals surface area contributed by atoms with Crippen molar-refractivity contribution in [3.63, 3.8) is 0 Å². The van der Waals surface area contributed by atoms with Crippen LogP contribution in [-0.4, -0.2) is 43.4 Å². The zero-order valence-corrected chi connectivity index (χ0v) is 17.3. The number of carbonyl (C=O) groups excluding carboxylic acids is 2. The number of nitrogens with zero attached hydrogens (tertiary/aromatic N) is 1. The molecule has 2 N–H and O–H groups in total. The summed E-state index contributed by atoms with van der Waals surface area (Å²) in [5.74, 6) is 0.0754. The number of hydrogen-bond donors (Lipinski definition) is 2. The minimum absolute atomic E-state index is 0.0422. The summed E-state index contributed by atoms with van der Waals surface area (Å²) in [7, 11) is 4.03. The summed E-state index contributed by atoms with van der Waals surface area (Å²) in [6.45, 7) is 4.49. The number of thiophene rings is 1. The van der Waals surface area contributed by atoms with Gasteiger partial charge < -0.3 is 15.5 Å². The molecule has 2 rings (SSSR count). The van der Waals surface area contributed by atoms with Crippen LogP contribution in [0.3, 0.4) is 0 Å². The van der Waals surface area contributed by atoms with E-state index < -0.39 is 6.04 Å². The highest BCUT2D eigenvalue weighted by atomic mass is 32.1. The summed E-state index contributed by atoms with van der Waals surface area (Å²) >= 11 is 1.66. The lowest BCUT2D eigenvalue weighted by atomic mass is 9.88. The number of nitrogens with one attached hydrogen (secondary N) is 2. The minimum Gasteiger partial charge on any atom is -0.352 e. The van der Waals surface area contributed by atoms with Crippen LogP contribution in [0.4, 0.5) is 0 Å². The molecule has 0 saturated heterocycles. The molecule has 1 aliphatic rings. The molecule has 5 nitrogen and oxygen atoms in total. The Morgan fingerprint density at radius 1 is 1.23 bits per heavy atom. The molecule has 146 valence electrons. The van der Waals surface area contributed by atoms with Crippen molar-refractivity contribution in [2.24, 2.45) is 11.8 Å². The van der Waals surface area contributed by atoms with Crippen LogP contribution >= 0.6 is 11.3 Å². The zero-order valence-electron chi connectivity index (χ0n) is 16.5. The van der Waals surface area contributed by atoms with Gasteiger partial charge in [-0.3, -0.25) is 9.59 Å². The summed E-state index contributed by atoms with van der Waals surface area (Å²) in [6, 6.07) is 1.74. The van der Waals surface area contributed by atoms with Crippen molar-refractivity contribution in [3.05, 3.63) is 22.4 Å². The van der Waals surface area contributed by atoms with E-state index in [1.807, 2.05) is 27.9 Å². The Morgan fingerprint density at radius 2 is 1.92 bits per heavy atom. The summed E-state index contributed by atoms with van der Waals surface area (Å²) in [4.78, 5) is 27.4. The molecular formula is C20H33N3O2S. The second-order valence-electron chi connectivity index (χ2n) is 7.85. The van der Waals surface area contributed by atoms with Crippen molar-refractivity contribution in [2.45, 2.75) is 58.0 Å². The van der Waals surface area contributed by atoms with Crippen LogP contribution in [0.15, 0.2) is 16.8 Å². The van der Waals surface area contributed by atoms with Gasteiger partial charge >= 0.3 is 0 Å². The average molecular weight is 380 g/mol. The Bertz CT molecular complexity index is 566. The molecule has 1 fully saturated rings. The van der Waals surface area contributed by atoms with Crippen LogP contribution in [0.2, 0.25) is 0 Å². The van der Waals surface area contributed by atoms with E-state index in [2.05, 4.69) is 32.4 Å². The van der Waals surface area contributed by atoms with Gasteiger partial charge in [-0.05, 0) is 55.2 Å². The van der Waals surface area contributed by atoms with Crippen LogP contribution in [0.5, 0.6) is 0 Å². The predicted octanol–water partition coefficient (Wildman–Crippen LogP) is 3.19. The van der Waals surface area contributed by atoms with E-state index in [1.54, 1.807) is 11.3 Å². The molecule has 26 heavy (non-hydrogen) atoms. The first-order chi connectivity index (χ1) is 12.4. The fraction of sp³-hybridized carbons (Fsp3) is 0.700. The standard InChI is InChI=1S/C20H33N3O2S/c1-14(2)18(22-19(24)15-8-6-5-7-9-15)20(25)21-12-17(23(3)4)16-10-11-26-13-16/h10-11,13-15,17-18H,5-9,12H2,1-4H3,(H,21,25)(H,22,24). The van der Waals surface area contributed by atoms with Crippen LogP contribution in [-0.2, 0) is 9.59 Å². The van der Waals surface area contributed by atoms with Crippen LogP contribution in [0.25, 0.3) is 0 Å². The van der Waals surface area contributed by atoms with Gasteiger partial charge in [-0.2, -0.15) is 11.3 Å². The van der Waals surface area contributed by atoms with Crippen molar-refractivity contribution >= 4 is 23.2 Å². The van der Waals surface area contributed by atoms with Crippen molar-refractivity contribution in [1.82, 2.24) is 15.5 Å². The lowest BCUT2D eigenvalue weighted by molar-refractivity contribution is -0.132. The summed E-state index contributed by atoms with van der Waals surface area (Å²) in [5, 5.41) is 10.2. The largest absolute Gasteiger partial charge is 0.352 e. The maximum Gasteiger partial charge on any atom is 0.242 e. The third-order valence-corrected chi connectivity index (χ3v) is 5.95. The molecule has 2 atom stereocenters. The van der Waals surface area contributed by atoms with Crippen molar-refractivity contribution in [3.8, 4) is 0 Å². The molecule has 0 spiro atoms. The van der Waals surface area contributed by atoms with Gasteiger partial charge in [0.2, 0.25) is 11.8 Å². The van der Waals surface area contributed by atoms with Gasteiger partial charge in [0.1, 0.15) is 6.04 Å². The third-order valence-electron chi connectivity index (χ3n) is 5.24. The second kappa shape index (κ2) is 10.1. The van der Waals surface area contributed by atoms with Crippen molar-refractivity contribution in [2.75, 3.05) is 20.6 Å². The molecule has 0 aliphatic heterocycles. The highest BCUT2D eigenvalue weighted by Crippen LogP contribution is 2.24. The van der Waals surface area contributed by atoms with E-state index in [4.69, 9.17) is 0 Å². The molecule has 1 heterocycles. The zero-order chi connectivity index (χ0) is 19.1. The quantitative estimate of drug-likeness (QED) is 0.729. The molecule has 0 bridgehead atoms. The lowest BCUT2D eigenvalue weighted by Gasteiger charge is -2.28. The van der Waals surface area contributed by atoms with Crippen LogP contribution in [0, 0.1) is 11.8 Å². The normalized spacial score (nSPS) is 17.9. The first kappa shape index (κ1) is 20.9. The molecule has 0 radical (unpaired) electrons. The Morgan fingerprint density at radius 3 is 2.46 bits per heavy atom. The van der Waals surface area contributed by atoms with E-state index in [1.165, 1.54) is 12.0 Å². The van der Waals surface area contributed by atoms with Gasteiger partial charge in [-0.25, -0.2) is 0 Å². The van der Waals surface area contributed by atoms with Crippen LogP contribution in [0.1, 0.15) is 57.6 Å². The molecule has 1 aliphatic carbocycles. The maximum atomic E-state index is 12.8. The third kappa shape index (κ3) is 5.81. The van der Waals surface area contributed by atoms with E-state index in [0.29, 0.717) is 6.54 Å². The predicted molar refractivity (Wildman–Crippen MR) is 107 cm³/mol. The second-order valence-corrected chi connectivity index (χ2v) is 8.63. The summed E-state index contributed by atoms with van der Waals surface area (Å²) in [6.07, 6.45) is 5.33. The SMILES string of the molecule is CC(C)C(NC(=O)C1CCCCC1)C(=O)NCC(c1ccsc1)N(C)C. The molecule has 2 unspecified atom stereocenters. The van der Waals surface area contributed by atoms with Gasteiger partial charge in [0, 0.05) is 12.5 Å². The Balaban J connectivity index is 1.93. The first-order valence-corrected chi connectivity index (χ1v) is 10.6. The number of amides is 2. The van der Waals surface area contributed by atoms with Crippen molar-refractivity contribution < 1.29 is 9.59 Å². The Labute approximate surface area is 161 Å². The topological polar surface area (TPSA) is 61.4 Å². The minimum atomic E-state index is -0.477. The highest BCUT2D eigenvalue weighted by Gasteiger charge is 2.29. The fourth-order valence-electron chi connectivity index (χ4n) is 3.54. The lowest BCUT2D eigenvalue weighted by Crippen LogP contribution is -2.52. The number of rotatable bonds is 8. The number of carbonyl (C=O) groups is 2. The molecule has 2 amide bonds. The van der Waals surface area contributed by atoms with E-state index in [0.717, 1.165) is 25.7 Å². The van der Waals surface area contributed by atoms with Gasteiger partial charge in [-0.15, -0.1) is 0 Å². The number of likely N-dealkylation sites (N-methyl/N-ethyl adjacent to an activating group) is 1. The molecule has 6 heteroatoms. The maximum absolute atomic E-state index is 12.8. The fourth-order valence-corrected chi connectivity index (χ4v) is 4.25. The van der Waals surface area contributed by atoms with Crippen LogP contribution < -0.4 is 10.6 Å². The average Bonchev–Trinajstić information content (AvgIpc) is 3.13. The number of hydrogen-bond acceptors (Lipinski definition) is 4. The highest BCUT2D eigenvalue weighted by molar-refractivity contribution is 7.07. The smallest absolute Gasteiger partial charge is 0.242 e. The molecule has 1 aromatic rings. The molecule has 0 aromatic carbocycles. The van der Waals surface area contributed by atoms with Gasteiger partial charge in [-0.1, -0.05) is 33.1 Å². The molecule has 1 saturated carbocycles. The van der Waals surface area contributed by atoms with Gasteiger partial charge in [0.05, 0.1) is 6.04 Å². The van der Waals surface area contributed by atoms with Gasteiger partial charge in [0.25, 0.3) is 0 Å². The van der Waals surface area contributed by atoms with Crippen molar-refractivity contribution in [1.29, 1.82) is 0 Å². The molecular weight excluding hydrogens is 346 g/mol. The summed E-state index contributed by atoms with van der Waals surface area (Å²) < 4.78 is 0. The first-order valence-electron chi connectivity index (χ1n) is 9.66. The monoisotopic (exact) mass is 379 g/mol. The van der Waals surface area contributed by atoms with E-state index >= 15 is 0 Å².